The zero-order chi connectivity index (χ0) is 19.2. The molecule has 1 heterocycles. The number of furan rings is 1. The van der Waals surface area contributed by atoms with Gasteiger partial charge in [0.2, 0.25) is 5.91 Å². The van der Waals surface area contributed by atoms with Crippen LogP contribution in [-0.2, 0) is 11.2 Å². The van der Waals surface area contributed by atoms with Gasteiger partial charge in [0.15, 0.2) is 0 Å². The molecule has 3 rings (SSSR count). The summed E-state index contributed by atoms with van der Waals surface area (Å²) in [4.78, 5) is 22.1. The van der Waals surface area contributed by atoms with Crippen LogP contribution in [0.15, 0.2) is 70.2 Å². The standard InChI is InChI=1S/C20H17N3O4/c1-14-2-4-15(5-3-14)12-20(24)22-21-13-18-10-11-19(27-18)16-6-8-17(9-7-16)23(25)26/h2-11,13H,12H2,1H3,(H,22,24)/b21-13-. The lowest BCUT2D eigenvalue weighted by Gasteiger charge is -2.00. The Morgan fingerprint density at radius 1 is 1.11 bits per heavy atom. The highest BCUT2D eigenvalue weighted by Crippen LogP contribution is 2.23. The van der Waals surface area contributed by atoms with E-state index in [4.69, 9.17) is 4.42 Å². The van der Waals surface area contributed by atoms with Crippen molar-refractivity contribution < 1.29 is 14.1 Å². The quantitative estimate of drug-likeness (QED) is 0.408. The summed E-state index contributed by atoms with van der Waals surface area (Å²) in [6, 6.07) is 17.2. The minimum absolute atomic E-state index is 0.0170. The van der Waals surface area contributed by atoms with Gasteiger partial charge in [-0.3, -0.25) is 14.9 Å². The highest BCUT2D eigenvalue weighted by Gasteiger charge is 2.08. The van der Waals surface area contributed by atoms with Gasteiger partial charge in [-0.1, -0.05) is 29.8 Å². The van der Waals surface area contributed by atoms with Crippen LogP contribution in [-0.4, -0.2) is 17.0 Å². The van der Waals surface area contributed by atoms with Crippen molar-refractivity contribution in [3.05, 3.63) is 87.7 Å². The van der Waals surface area contributed by atoms with Crippen molar-refractivity contribution in [2.24, 2.45) is 5.10 Å². The number of rotatable bonds is 6. The number of hydrazone groups is 1. The minimum atomic E-state index is -0.455. The molecule has 0 spiro atoms. The van der Waals surface area contributed by atoms with Gasteiger partial charge in [-0.15, -0.1) is 0 Å². The second-order valence-corrected chi connectivity index (χ2v) is 5.96. The fourth-order valence-corrected chi connectivity index (χ4v) is 2.42. The second-order valence-electron chi connectivity index (χ2n) is 5.96. The first kappa shape index (κ1) is 18.1. The number of non-ortho nitro benzene ring substituents is 1. The van der Waals surface area contributed by atoms with E-state index in [2.05, 4.69) is 10.5 Å². The maximum Gasteiger partial charge on any atom is 0.269 e. The summed E-state index contributed by atoms with van der Waals surface area (Å²) in [5.41, 5.74) is 5.23. The van der Waals surface area contributed by atoms with E-state index in [0.717, 1.165) is 11.1 Å². The molecule has 1 amide bonds. The Bertz CT molecular complexity index is 973. The number of hydrogen-bond donors (Lipinski definition) is 1. The zero-order valence-electron chi connectivity index (χ0n) is 14.6. The number of nitro benzene ring substituents is 1. The summed E-state index contributed by atoms with van der Waals surface area (Å²) in [5.74, 6) is 0.786. The predicted octanol–water partition coefficient (Wildman–Crippen LogP) is 3.86. The van der Waals surface area contributed by atoms with Gasteiger partial charge in [-0.25, -0.2) is 5.43 Å². The normalized spacial score (nSPS) is 10.9. The second kappa shape index (κ2) is 8.09. The number of amides is 1. The monoisotopic (exact) mass is 363 g/mol. The fourth-order valence-electron chi connectivity index (χ4n) is 2.42. The van der Waals surface area contributed by atoms with Crippen LogP contribution in [0.3, 0.4) is 0 Å². The van der Waals surface area contributed by atoms with E-state index in [9.17, 15) is 14.9 Å². The van der Waals surface area contributed by atoms with Crippen molar-refractivity contribution in [2.75, 3.05) is 0 Å². The van der Waals surface area contributed by atoms with Crippen LogP contribution in [0.4, 0.5) is 5.69 Å². The molecule has 0 atom stereocenters. The average Bonchev–Trinajstić information content (AvgIpc) is 3.12. The van der Waals surface area contributed by atoms with Crippen molar-refractivity contribution in [1.82, 2.24) is 5.43 Å². The number of nitrogens with one attached hydrogen (secondary N) is 1. The highest BCUT2D eigenvalue weighted by atomic mass is 16.6. The molecule has 0 unspecified atom stereocenters. The van der Waals surface area contributed by atoms with Crippen LogP contribution in [0.25, 0.3) is 11.3 Å². The molecular formula is C20H17N3O4. The van der Waals surface area contributed by atoms with Crippen LogP contribution < -0.4 is 5.43 Å². The highest BCUT2D eigenvalue weighted by molar-refractivity contribution is 5.82. The molecule has 3 aromatic rings. The maximum absolute atomic E-state index is 11.9. The van der Waals surface area contributed by atoms with Crippen molar-refractivity contribution in [1.29, 1.82) is 0 Å². The summed E-state index contributed by atoms with van der Waals surface area (Å²) < 4.78 is 5.61. The molecule has 2 aromatic carbocycles. The van der Waals surface area contributed by atoms with Crippen LogP contribution in [0.5, 0.6) is 0 Å². The molecule has 0 fully saturated rings. The van der Waals surface area contributed by atoms with Crippen LogP contribution >= 0.6 is 0 Å². The molecule has 0 aliphatic heterocycles. The predicted molar refractivity (Wildman–Crippen MR) is 101 cm³/mol. The van der Waals surface area contributed by atoms with Crippen molar-refractivity contribution in [3.8, 4) is 11.3 Å². The van der Waals surface area contributed by atoms with Crippen LogP contribution in [0, 0.1) is 17.0 Å². The Morgan fingerprint density at radius 3 is 2.48 bits per heavy atom. The number of benzene rings is 2. The lowest BCUT2D eigenvalue weighted by molar-refractivity contribution is -0.384. The van der Waals surface area contributed by atoms with Gasteiger partial charge in [-0.05, 0) is 36.8 Å². The third-order valence-corrected chi connectivity index (χ3v) is 3.86. The third kappa shape index (κ3) is 4.88. The number of nitro groups is 1. The maximum atomic E-state index is 11.9. The first-order valence-electron chi connectivity index (χ1n) is 8.23. The first-order chi connectivity index (χ1) is 13.0. The lowest BCUT2D eigenvalue weighted by Crippen LogP contribution is -2.19. The van der Waals surface area contributed by atoms with Gasteiger partial charge in [0.05, 0.1) is 17.6 Å². The SMILES string of the molecule is Cc1ccc(CC(=O)N/N=C\c2ccc(-c3ccc([N+](=O)[O-])cc3)o2)cc1. The van der Waals surface area contributed by atoms with Crippen molar-refractivity contribution >= 4 is 17.8 Å². The Labute approximate surface area is 155 Å². The lowest BCUT2D eigenvalue weighted by atomic mass is 10.1. The molecule has 0 saturated carbocycles. The largest absolute Gasteiger partial charge is 0.455 e. The van der Waals surface area contributed by atoms with Crippen LogP contribution in [0.2, 0.25) is 0 Å². The van der Waals surface area contributed by atoms with Crippen LogP contribution in [0.1, 0.15) is 16.9 Å². The Morgan fingerprint density at radius 2 is 1.81 bits per heavy atom. The average molecular weight is 363 g/mol. The van der Waals surface area contributed by atoms with E-state index >= 15 is 0 Å². The summed E-state index contributed by atoms with van der Waals surface area (Å²) in [7, 11) is 0. The van der Waals surface area contributed by atoms with E-state index in [1.165, 1.54) is 18.3 Å². The first-order valence-corrected chi connectivity index (χ1v) is 8.23. The number of carbonyl (C=O) groups excluding carboxylic acids is 1. The van der Waals surface area contributed by atoms with E-state index in [0.29, 0.717) is 17.1 Å². The molecule has 0 bridgehead atoms. The van der Waals surface area contributed by atoms with Gasteiger partial charge in [-0.2, -0.15) is 5.10 Å². The summed E-state index contributed by atoms with van der Waals surface area (Å²) in [5, 5.41) is 14.6. The molecule has 0 aliphatic rings. The van der Waals surface area contributed by atoms with E-state index in [1.807, 2.05) is 31.2 Å². The van der Waals surface area contributed by atoms with Gasteiger partial charge < -0.3 is 4.42 Å². The minimum Gasteiger partial charge on any atom is -0.455 e. The smallest absolute Gasteiger partial charge is 0.269 e. The molecule has 0 radical (unpaired) electrons. The van der Waals surface area contributed by atoms with E-state index in [-0.39, 0.29) is 18.0 Å². The number of hydrogen-bond acceptors (Lipinski definition) is 5. The molecule has 7 nitrogen and oxygen atoms in total. The Balaban J connectivity index is 1.57. The fraction of sp³-hybridized carbons (Fsp3) is 0.100. The van der Waals surface area contributed by atoms with Gasteiger partial charge in [0.1, 0.15) is 11.5 Å². The van der Waals surface area contributed by atoms with Crippen molar-refractivity contribution in [2.45, 2.75) is 13.3 Å². The summed E-state index contributed by atoms with van der Waals surface area (Å²) in [6.45, 7) is 1.99. The number of carbonyl (C=O) groups is 1. The topological polar surface area (TPSA) is 97.7 Å². The summed E-state index contributed by atoms with van der Waals surface area (Å²) in [6.07, 6.45) is 1.64. The molecule has 27 heavy (non-hydrogen) atoms. The Kier molecular flexibility index (Phi) is 5.41. The van der Waals surface area contributed by atoms with E-state index in [1.54, 1.807) is 24.3 Å². The van der Waals surface area contributed by atoms with Gasteiger partial charge >= 0.3 is 0 Å². The molecule has 0 aliphatic carbocycles. The molecule has 0 saturated heterocycles. The van der Waals surface area contributed by atoms with Gasteiger partial charge in [0, 0.05) is 17.7 Å². The zero-order valence-corrected chi connectivity index (χ0v) is 14.6. The van der Waals surface area contributed by atoms with Gasteiger partial charge in [0.25, 0.3) is 5.69 Å². The molecule has 7 heteroatoms. The molecular weight excluding hydrogens is 346 g/mol. The summed E-state index contributed by atoms with van der Waals surface area (Å²) >= 11 is 0. The molecule has 1 N–H and O–H groups in total. The number of nitrogens with zero attached hydrogens (tertiary/aromatic N) is 2. The molecule has 136 valence electrons. The molecule has 1 aromatic heterocycles. The third-order valence-electron chi connectivity index (χ3n) is 3.86. The van der Waals surface area contributed by atoms with Crippen molar-refractivity contribution in [3.63, 3.8) is 0 Å². The van der Waals surface area contributed by atoms with E-state index < -0.39 is 4.92 Å². The number of aryl methyl sites for hydroxylation is 1. The Hall–Kier alpha value is -3.74.